The first-order chi connectivity index (χ1) is 13.7. The fraction of sp³-hybridized carbons (Fsp3) is 0.417. The number of carbonyl (C=O) groups is 2. The Morgan fingerprint density at radius 2 is 1.00 bits per heavy atom. The molecule has 0 fully saturated rings. The van der Waals surface area contributed by atoms with Crippen LogP contribution in [0.1, 0.15) is 60.8 Å². The molecule has 0 atom stereocenters. The largest absolute Gasteiger partial charge is 0.427 e. The Kier molecular flexibility index (Phi) is 5.75. The van der Waals surface area contributed by atoms with E-state index in [0.29, 0.717) is 11.5 Å². The molecule has 0 amide bonds. The maximum absolute atomic E-state index is 12.1. The van der Waals surface area contributed by atoms with Gasteiger partial charge in [0, 0.05) is 0 Å². The molecule has 0 heterocycles. The third-order valence-electron chi connectivity index (χ3n) is 5.64. The third-order valence-corrected chi connectivity index (χ3v) is 5.64. The molecule has 2 aliphatic rings. The van der Waals surface area contributed by atoms with Crippen molar-refractivity contribution in [1.29, 1.82) is 0 Å². The van der Waals surface area contributed by atoms with E-state index in [1.807, 2.05) is 36.4 Å². The number of benzene rings is 2. The average molecular weight is 378 g/mol. The van der Waals surface area contributed by atoms with E-state index in [2.05, 4.69) is 0 Å². The van der Waals surface area contributed by atoms with E-state index in [1.165, 1.54) is 47.9 Å². The number of esters is 2. The molecule has 0 N–H and O–H groups in total. The molecule has 0 bridgehead atoms. The highest BCUT2D eigenvalue weighted by molar-refractivity contribution is 5.80. The van der Waals surface area contributed by atoms with Crippen molar-refractivity contribution < 1.29 is 19.1 Å². The van der Waals surface area contributed by atoms with Crippen molar-refractivity contribution in [3.63, 3.8) is 0 Å². The van der Waals surface area contributed by atoms with Gasteiger partial charge in [0.15, 0.2) is 0 Å². The van der Waals surface area contributed by atoms with E-state index >= 15 is 0 Å². The second kappa shape index (κ2) is 8.59. The molecule has 0 saturated heterocycles. The predicted molar refractivity (Wildman–Crippen MR) is 107 cm³/mol. The summed E-state index contributed by atoms with van der Waals surface area (Å²) < 4.78 is 10.8. The average Bonchev–Trinajstić information content (AvgIpc) is 2.72. The molecule has 28 heavy (non-hydrogen) atoms. The van der Waals surface area contributed by atoms with Crippen LogP contribution >= 0.6 is 0 Å². The van der Waals surface area contributed by atoms with Gasteiger partial charge in [-0.05, 0) is 97.9 Å². The SMILES string of the molecule is O=C(CCC(=O)Oc1ccc2c(c1)CCCC2)Oc1ccc2c(c1)CCCC2. The summed E-state index contributed by atoms with van der Waals surface area (Å²) in [5, 5.41) is 0. The van der Waals surface area contributed by atoms with Crippen LogP contribution in [0.4, 0.5) is 0 Å². The summed E-state index contributed by atoms with van der Waals surface area (Å²) in [6.45, 7) is 0. The van der Waals surface area contributed by atoms with Crippen molar-refractivity contribution in [2.24, 2.45) is 0 Å². The number of fused-ring (bicyclic) bond motifs is 2. The molecule has 4 rings (SSSR count). The van der Waals surface area contributed by atoms with Gasteiger partial charge < -0.3 is 9.47 Å². The summed E-state index contributed by atoms with van der Waals surface area (Å²) >= 11 is 0. The fourth-order valence-corrected chi connectivity index (χ4v) is 4.12. The van der Waals surface area contributed by atoms with Gasteiger partial charge in [0.05, 0.1) is 12.8 Å². The van der Waals surface area contributed by atoms with E-state index in [9.17, 15) is 9.59 Å². The molecule has 2 aromatic carbocycles. The minimum absolute atomic E-state index is 0.0147. The third kappa shape index (κ3) is 4.61. The molecule has 0 unspecified atom stereocenters. The molecule has 4 heteroatoms. The van der Waals surface area contributed by atoms with E-state index in [4.69, 9.17) is 9.47 Å². The van der Waals surface area contributed by atoms with Crippen LogP contribution in [0.15, 0.2) is 36.4 Å². The number of rotatable bonds is 5. The maximum Gasteiger partial charge on any atom is 0.311 e. The number of ether oxygens (including phenoxy) is 2. The normalized spacial score (nSPS) is 15.3. The minimum atomic E-state index is -0.404. The Morgan fingerprint density at radius 3 is 1.43 bits per heavy atom. The second-order valence-electron chi connectivity index (χ2n) is 7.72. The summed E-state index contributed by atoms with van der Waals surface area (Å²) in [6.07, 6.45) is 9.09. The van der Waals surface area contributed by atoms with Crippen LogP contribution in [-0.2, 0) is 35.3 Å². The van der Waals surface area contributed by atoms with E-state index in [1.54, 1.807) is 0 Å². The molecular formula is C24H26O4. The van der Waals surface area contributed by atoms with Crippen molar-refractivity contribution >= 4 is 11.9 Å². The van der Waals surface area contributed by atoms with Gasteiger partial charge in [-0.3, -0.25) is 9.59 Å². The van der Waals surface area contributed by atoms with E-state index in [-0.39, 0.29) is 12.8 Å². The van der Waals surface area contributed by atoms with E-state index < -0.39 is 11.9 Å². The number of aryl methyl sites for hydroxylation is 4. The molecule has 0 aliphatic heterocycles. The summed E-state index contributed by atoms with van der Waals surface area (Å²) in [6, 6.07) is 11.7. The lowest BCUT2D eigenvalue weighted by Gasteiger charge is -2.16. The van der Waals surface area contributed by atoms with Gasteiger partial charge in [0.2, 0.25) is 0 Å². The zero-order valence-electron chi connectivity index (χ0n) is 16.2. The van der Waals surface area contributed by atoms with Gasteiger partial charge in [-0.15, -0.1) is 0 Å². The maximum atomic E-state index is 12.1. The van der Waals surface area contributed by atoms with Gasteiger partial charge in [0.1, 0.15) is 11.5 Å². The Labute approximate surface area is 165 Å². The molecule has 0 aromatic heterocycles. The number of hydrogen-bond acceptors (Lipinski definition) is 4. The summed E-state index contributed by atoms with van der Waals surface area (Å²) in [7, 11) is 0. The summed E-state index contributed by atoms with van der Waals surface area (Å²) in [5.41, 5.74) is 5.23. The van der Waals surface area contributed by atoms with Crippen LogP contribution in [0.3, 0.4) is 0 Å². The summed E-state index contributed by atoms with van der Waals surface area (Å²) in [5.74, 6) is 0.318. The highest BCUT2D eigenvalue weighted by Crippen LogP contribution is 2.27. The number of hydrogen-bond donors (Lipinski definition) is 0. The molecule has 0 saturated carbocycles. The van der Waals surface area contributed by atoms with Crippen molar-refractivity contribution in [2.45, 2.75) is 64.2 Å². The lowest BCUT2D eigenvalue weighted by molar-refractivity contribution is -0.140. The Balaban J connectivity index is 1.27. The molecule has 2 aliphatic carbocycles. The molecule has 0 radical (unpaired) electrons. The summed E-state index contributed by atoms with van der Waals surface area (Å²) in [4.78, 5) is 24.2. The first-order valence-corrected chi connectivity index (χ1v) is 10.3. The highest BCUT2D eigenvalue weighted by atomic mass is 16.5. The smallest absolute Gasteiger partial charge is 0.311 e. The standard InChI is InChI=1S/C24H26O4/c25-23(27-21-11-9-17-5-1-3-7-19(17)15-21)13-14-24(26)28-22-12-10-18-6-2-4-8-20(18)16-22/h9-12,15-16H,1-8,13-14H2. The van der Waals surface area contributed by atoms with Crippen molar-refractivity contribution in [3.8, 4) is 11.5 Å². The van der Waals surface area contributed by atoms with Gasteiger partial charge >= 0.3 is 11.9 Å². The monoisotopic (exact) mass is 378 g/mol. The van der Waals surface area contributed by atoms with Crippen molar-refractivity contribution in [3.05, 3.63) is 58.7 Å². The van der Waals surface area contributed by atoms with Crippen LogP contribution in [0.5, 0.6) is 11.5 Å². The minimum Gasteiger partial charge on any atom is -0.427 e. The van der Waals surface area contributed by atoms with Gasteiger partial charge in [-0.2, -0.15) is 0 Å². The van der Waals surface area contributed by atoms with Crippen molar-refractivity contribution in [2.75, 3.05) is 0 Å². The Morgan fingerprint density at radius 1 is 0.607 bits per heavy atom. The molecule has 4 nitrogen and oxygen atoms in total. The highest BCUT2D eigenvalue weighted by Gasteiger charge is 2.15. The van der Waals surface area contributed by atoms with Gasteiger partial charge in [-0.1, -0.05) is 12.1 Å². The quantitative estimate of drug-likeness (QED) is 0.557. The predicted octanol–water partition coefficient (Wildman–Crippen LogP) is 4.74. The first-order valence-electron chi connectivity index (χ1n) is 10.3. The number of carbonyl (C=O) groups excluding carboxylic acids is 2. The van der Waals surface area contributed by atoms with Crippen LogP contribution in [0.25, 0.3) is 0 Å². The first kappa shape index (κ1) is 18.7. The molecular weight excluding hydrogens is 352 g/mol. The zero-order valence-corrected chi connectivity index (χ0v) is 16.2. The topological polar surface area (TPSA) is 52.6 Å². The molecule has 0 spiro atoms. The van der Waals surface area contributed by atoms with Crippen LogP contribution in [0.2, 0.25) is 0 Å². The second-order valence-corrected chi connectivity index (χ2v) is 7.72. The Hall–Kier alpha value is -2.62. The van der Waals surface area contributed by atoms with Crippen LogP contribution < -0.4 is 9.47 Å². The lowest BCUT2D eigenvalue weighted by atomic mass is 9.92. The van der Waals surface area contributed by atoms with Crippen molar-refractivity contribution in [1.82, 2.24) is 0 Å². The lowest BCUT2D eigenvalue weighted by Crippen LogP contribution is -2.14. The molecule has 146 valence electrons. The molecule has 2 aromatic rings. The van der Waals surface area contributed by atoms with Crippen LogP contribution in [0, 0.1) is 0 Å². The Bertz CT molecular complexity index is 811. The van der Waals surface area contributed by atoms with Gasteiger partial charge in [0.25, 0.3) is 0 Å². The van der Waals surface area contributed by atoms with Crippen LogP contribution in [-0.4, -0.2) is 11.9 Å². The fourth-order valence-electron chi connectivity index (χ4n) is 4.12. The van der Waals surface area contributed by atoms with E-state index in [0.717, 1.165) is 25.7 Å². The zero-order chi connectivity index (χ0) is 19.3. The van der Waals surface area contributed by atoms with Gasteiger partial charge in [-0.25, -0.2) is 0 Å².